The van der Waals surface area contributed by atoms with E-state index in [1.54, 1.807) is 41.3 Å². The third kappa shape index (κ3) is 8.14. The van der Waals surface area contributed by atoms with Crippen molar-refractivity contribution in [3.8, 4) is 0 Å². The molecule has 0 aliphatic carbocycles. The third-order valence-corrected chi connectivity index (χ3v) is 7.12. The van der Waals surface area contributed by atoms with Gasteiger partial charge in [-0.05, 0) is 47.4 Å². The highest BCUT2D eigenvalue weighted by atomic mass is 35.5. The lowest BCUT2D eigenvalue weighted by Crippen LogP contribution is -2.51. The van der Waals surface area contributed by atoms with Crippen molar-refractivity contribution in [2.75, 3.05) is 6.54 Å². The van der Waals surface area contributed by atoms with Crippen LogP contribution >= 0.6 is 46.4 Å². The van der Waals surface area contributed by atoms with Crippen molar-refractivity contribution >= 4 is 58.2 Å². The zero-order valence-electron chi connectivity index (χ0n) is 19.9. The molecule has 0 saturated carbocycles. The van der Waals surface area contributed by atoms with Crippen LogP contribution in [0.5, 0.6) is 0 Å². The smallest absolute Gasteiger partial charge is 0.243 e. The molecular weight excluding hydrogens is 538 g/mol. The molecule has 0 radical (unpaired) electrons. The van der Waals surface area contributed by atoms with Gasteiger partial charge in [0, 0.05) is 29.6 Å². The van der Waals surface area contributed by atoms with Crippen molar-refractivity contribution in [2.24, 2.45) is 0 Å². The maximum atomic E-state index is 13.8. The van der Waals surface area contributed by atoms with Crippen LogP contribution in [0.2, 0.25) is 20.1 Å². The summed E-state index contributed by atoms with van der Waals surface area (Å²) in [5.74, 6) is -0.439. The van der Waals surface area contributed by atoms with Crippen LogP contribution in [0.4, 0.5) is 0 Å². The van der Waals surface area contributed by atoms with E-state index >= 15 is 0 Å². The summed E-state index contributed by atoms with van der Waals surface area (Å²) in [5.41, 5.74) is 2.34. The first-order chi connectivity index (χ1) is 17.3. The molecule has 2 amide bonds. The van der Waals surface area contributed by atoms with E-state index in [9.17, 15) is 9.59 Å². The van der Waals surface area contributed by atoms with Crippen LogP contribution in [0, 0.1) is 0 Å². The van der Waals surface area contributed by atoms with E-state index in [0.717, 1.165) is 18.4 Å². The molecule has 0 aromatic heterocycles. The molecule has 0 bridgehead atoms. The number of unbranched alkanes of at least 4 members (excludes halogenated alkanes) is 1. The second-order valence-electron chi connectivity index (χ2n) is 8.53. The molecular formula is C28H28Cl4N2O2. The minimum absolute atomic E-state index is 0.0512. The summed E-state index contributed by atoms with van der Waals surface area (Å²) in [5, 5.41) is 4.71. The number of rotatable bonds is 11. The van der Waals surface area contributed by atoms with Gasteiger partial charge in [-0.3, -0.25) is 9.59 Å². The van der Waals surface area contributed by atoms with Gasteiger partial charge in [-0.1, -0.05) is 102 Å². The Morgan fingerprint density at radius 2 is 1.61 bits per heavy atom. The van der Waals surface area contributed by atoms with Crippen LogP contribution in [0.3, 0.4) is 0 Å². The Morgan fingerprint density at radius 1 is 0.861 bits per heavy atom. The highest BCUT2D eigenvalue weighted by molar-refractivity contribution is 6.42. The largest absolute Gasteiger partial charge is 0.354 e. The molecule has 36 heavy (non-hydrogen) atoms. The molecule has 0 heterocycles. The Kier molecular flexibility index (Phi) is 10.9. The molecule has 0 aliphatic rings. The number of halogens is 4. The molecule has 3 rings (SSSR count). The van der Waals surface area contributed by atoms with Gasteiger partial charge in [0.25, 0.3) is 0 Å². The average Bonchev–Trinajstić information content (AvgIpc) is 2.85. The summed E-state index contributed by atoms with van der Waals surface area (Å²) >= 11 is 24.8. The Hall–Kier alpha value is -2.24. The molecule has 0 spiro atoms. The average molecular weight is 566 g/mol. The maximum absolute atomic E-state index is 13.8. The van der Waals surface area contributed by atoms with E-state index in [1.165, 1.54) is 0 Å². The van der Waals surface area contributed by atoms with Crippen molar-refractivity contribution in [1.82, 2.24) is 10.2 Å². The van der Waals surface area contributed by atoms with Crippen LogP contribution in [-0.2, 0) is 29.0 Å². The van der Waals surface area contributed by atoms with Crippen molar-refractivity contribution in [3.63, 3.8) is 0 Å². The highest BCUT2D eigenvalue weighted by Crippen LogP contribution is 2.26. The molecule has 0 aliphatic heterocycles. The predicted octanol–water partition coefficient (Wildman–Crippen LogP) is 7.40. The fraction of sp³-hybridized carbons (Fsp3) is 0.286. The Morgan fingerprint density at radius 3 is 2.28 bits per heavy atom. The zero-order chi connectivity index (χ0) is 26.1. The minimum Gasteiger partial charge on any atom is -0.354 e. The molecule has 3 aromatic rings. The molecule has 1 atom stereocenters. The van der Waals surface area contributed by atoms with Crippen LogP contribution in [0.15, 0.2) is 66.7 Å². The normalized spacial score (nSPS) is 11.7. The fourth-order valence-electron chi connectivity index (χ4n) is 3.82. The number of carbonyl (C=O) groups excluding carboxylic acids is 2. The first-order valence-corrected chi connectivity index (χ1v) is 13.3. The quantitative estimate of drug-likeness (QED) is 0.246. The number of hydrogen-bond donors (Lipinski definition) is 1. The molecule has 1 N–H and O–H groups in total. The van der Waals surface area contributed by atoms with E-state index in [-0.39, 0.29) is 24.8 Å². The van der Waals surface area contributed by atoms with Gasteiger partial charge in [-0.2, -0.15) is 0 Å². The molecule has 0 fully saturated rings. The SMILES string of the molecule is CCCCNC(=O)[C@@H](Cc1ccccc1)N(Cc1ccc(Cl)cc1Cl)C(=O)Cc1ccc(Cl)c(Cl)c1. The second-order valence-corrected chi connectivity index (χ2v) is 10.2. The lowest BCUT2D eigenvalue weighted by atomic mass is 10.0. The van der Waals surface area contributed by atoms with E-state index in [1.807, 2.05) is 30.3 Å². The van der Waals surface area contributed by atoms with Gasteiger partial charge < -0.3 is 10.2 Å². The van der Waals surface area contributed by atoms with E-state index in [4.69, 9.17) is 46.4 Å². The Balaban J connectivity index is 1.98. The maximum Gasteiger partial charge on any atom is 0.243 e. The van der Waals surface area contributed by atoms with Gasteiger partial charge in [0.15, 0.2) is 0 Å². The Labute approximate surface area is 232 Å². The first kappa shape index (κ1) is 28.3. The van der Waals surface area contributed by atoms with Crippen molar-refractivity contribution < 1.29 is 9.59 Å². The molecule has 8 heteroatoms. The number of nitrogens with one attached hydrogen (secondary N) is 1. The highest BCUT2D eigenvalue weighted by Gasteiger charge is 2.30. The van der Waals surface area contributed by atoms with Crippen LogP contribution in [0.25, 0.3) is 0 Å². The van der Waals surface area contributed by atoms with Crippen molar-refractivity contribution in [1.29, 1.82) is 0 Å². The minimum atomic E-state index is -0.744. The van der Waals surface area contributed by atoms with Crippen LogP contribution in [0.1, 0.15) is 36.5 Å². The topological polar surface area (TPSA) is 49.4 Å². The monoisotopic (exact) mass is 564 g/mol. The second kappa shape index (κ2) is 13.9. The van der Waals surface area contributed by atoms with Gasteiger partial charge in [0.05, 0.1) is 16.5 Å². The Bertz CT molecular complexity index is 1190. The molecule has 3 aromatic carbocycles. The first-order valence-electron chi connectivity index (χ1n) is 11.8. The number of amides is 2. The number of nitrogens with zero attached hydrogens (tertiary/aromatic N) is 1. The van der Waals surface area contributed by atoms with E-state index in [2.05, 4.69) is 12.2 Å². The summed E-state index contributed by atoms with van der Waals surface area (Å²) in [6, 6.07) is 19.1. The van der Waals surface area contributed by atoms with Gasteiger partial charge >= 0.3 is 0 Å². The van der Waals surface area contributed by atoms with Gasteiger partial charge in [0.2, 0.25) is 11.8 Å². The van der Waals surface area contributed by atoms with Gasteiger partial charge in [-0.25, -0.2) is 0 Å². The molecule has 0 unspecified atom stereocenters. The summed E-state index contributed by atoms with van der Waals surface area (Å²) in [6.45, 7) is 2.75. The molecule has 0 saturated heterocycles. The van der Waals surface area contributed by atoms with E-state index in [0.29, 0.717) is 44.2 Å². The van der Waals surface area contributed by atoms with Gasteiger partial charge in [-0.15, -0.1) is 0 Å². The summed E-state index contributed by atoms with van der Waals surface area (Å²) in [4.78, 5) is 28.8. The van der Waals surface area contributed by atoms with Crippen LogP contribution < -0.4 is 5.32 Å². The lowest BCUT2D eigenvalue weighted by Gasteiger charge is -2.32. The van der Waals surface area contributed by atoms with Crippen LogP contribution in [-0.4, -0.2) is 29.3 Å². The number of hydrogen-bond acceptors (Lipinski definition) is 2. The fourth-order valence-corrected chi connectivity index (χ4v) is 4.61. The molecule has 190 valence electrons. The van der Waals surface area contributed by atoms with Crippen molar-refractivity contribution in [3.05, 3.63) is 104 Å². The number of carbonyl (C=O) groups is 2. The third-order valence-electron chi connectivity index (χ3n) is 5.80. The van der Waals surface area contributed by atoms with Gasteiger partial charge in [0.1, 0.15) is 6.04 Å². The number of benzene rings is 3. The summed E-state index contributed by atoms with van der Waals surface area (Å²) < 4.78 is 0. The van der Waals surface area contributed by atoms with Crippen molar-refractivity contribution in [2.45, 2.75) is 45.2 Å². The van der Waals surface area contributed by atoms with E-state index < -0.39 is 6.04 Å². The summed E-state index contributed by atoms with van der Waals surface area (Å²) in [7, 11) is 0. The predicted molar refractivity (Wildman–Crippen MR) is 149 cm³/mol. The zero-order valence-corrected chi connectivity index (χ0v) is 23.0. The summed E-state index contributed by atoms with van der Waals surface area (Å²) in [6.07, 6.45) is 2.21. The molecule has 4 nitrogen and oxygen atoms in total. The standard InChI is InChI=1S/C28H28Cl4N2O2/c1-2-3-13-33-28(36)26(15-19-7-5-4-6-8-19)34(18-21-10-11-22(29)17-24(21)31)27(35)16-20-9-12-23(30)25(32)14-20/h4-12,14,17,26H,2-3,13,15-16,18H2,1H3,(H,33,36)/t26-/m1/s1. The lowest BCUT2D eigenvalue weighted by molar-refractivity contribution is -0.140.